The van der Waals surface area contributed by atoms with Gasteiger partial charge in [-0.05, 0) is 46.0 Å². The van der Waals surface area contributed by atoms with Gasteiger partial charge in [-0.15, -0.1) is 0 Å². The highest BCUT2D eigenvalue weighted by atomic mass is 35.5. The van der Waals surface area contributed by atoms with Gasteiger partial charge in [0, 0.05) is 51.1 Å². The highest BCUT2D eigenvalue weighted by molar-refractivity contribution is 6.35. The lowest BCUT2D eigenvalue weighted by molar-refractivity contribution is -0.139. The Bertz CT molecular complexity index is 1830. The van der Waals surface area contributed by atoms with Crippen molar-refractivity contribution in [3.63, 3.8) is 0 Å². The zero-order chi connectivity index (χ0) is 27.8. The summed E-state index contributed by atoms with van der Waals surface area (Å²) >= 11 is 12.6. The second-order valence-electron chi connectivity index (χ2n) is 11.0. The lowest BCUT2D eigenvalue weighted by Crippen LogP contribution is -2.41. The molecule has 5 aromatic rings. The quantitative estimate of drug-likeness (QED) is 0.168. The van der Waals surface area contributed by atoms with Crippen LogP contribution in [-0.2, 0) is 16.1 Å². The van der Waals surface area contributed by atoms with Crippen LogP contribution in [0.2, 0.25) is 10.0 Å². The number of hydrogen-bond donors (Lipinski definition) is 0. The molecule has 1 fully saturated rings. The van der Waals surface area contributed by atoms with Crippen LogP contribution in [-0.4, -0.2) is 27.6 Å². The molecule has 2 bridgehead atoms. The second-order valence-corrected chi connectivity index (χ2v) is 11.8. The topological polar surface area (TPSA) is 54.7 Å². The molecule has 2 atom stereocenters. The monoisotopic (exact) mass is 575 g/mol. The molecule has 1 aliphatic heterocycles. The van der Waals surface area contributed by atoms with Crippen LogP contribution in [0.5, 0.6) is 0 Å². The summed E-state index contributed by atoms with van der Waals surface area (Å²) in [6.45, 7) is 0.538. The van der Waals surface area contributed by atoms with Crippen molar-refractivity contribution in [2.75, 3.05) is 0 Å². The Balaban J connectivity index is 1.16. The van der Waals surface area contributed by atoms with E-state index in [4.69, 9.17) is 23.2 Å². The van der Waals surface area contributed by atoms with Gasteiger partial charge in [0.1, 0.15) is 0 Å². The van der Waals surface area contributed by atoms with E-state index in [0.29, 0.717) is 16.6 Å². The fourth-order valence-electron chi connectivity index (χ4n) is 7.24. The third-order valence-corrected chi connectivity index (χ3v) is 9.50. The van der Waals surface area contributed by atoms with Gasteiger partial charge < -0.3 is 4.57 Å². The number of imide groups is 1. The largest absolute Gasteiger partial charge is 0.342 e. The fraction of sp³-hybridized carbons (Fsp3) is 0.147. The van der Waals surface area contributed by atoms with E-state index in [1.165, 1.54) is 0 Å². The van der Waals surface area contributed by atoms with Crippen molar-refractivity contribution in [1.82, 2.24) is 9.58 Å². The minimum Gasteiger partial charge on any atom is -0.342 e. The summed E-state index contributed by atoms with van der Waals surface area (Å²) < 4.78 is 2.09. The maximum atomic E-state index is 13.9. The van der Waals surface area contributed by atoms with Gasteiger partial charge in [0.15, 0.2) is 0 Å². The number of carbonyl (C=O) groups excluding carboxylic acids is 2. The summed E-state index contributed by atoms with van der Waals surface area (Å²) in [5.74, 6) is -1.68. The van der Waals surface area contributed by atoms with Gasteiger partial charge in [0.05, 0.1) is 18.1 Å². The molecule has 3 aliphatic carbocycles. The number of hydrogen-bond acceptors (Lipinski definition) is 3. The van der Waals surface area contributed by atoms with Gasteiger partial charge >= 0.3 is 0 Å². The highest BCUT2D eigenvalue weighted by Crippen LogP contribution is 2.61. The van der Waals surface area contributed by atoms with Crippen LogP contribution in [0.25, 0.3) is 10.9 Å². The van der Waals surface area contributed by atoms with E-state index in [2.05, 4.69) is 33.9 Å². The average molecular weight is 576 g/mol. The maximum Gasteiger partial charge on any atom is 0.254 e. The van der Waals surface area contributed by atoms with Crippen LogP contribution < -0.4 is 0 Å². The van der Waals surface area contributed by atoms with Crippen LogP contribution in [0.3, 0.4) is 0 Å². The Morgan fingerprint density at radius 2 is 1.29 bits per heavy atom. The smallest absolute Gasteiger partial charge is 0.254 e. The molecule has 41 heavy (non-hydrogen) atoms. The third-order valence-electron chi connectivity index (χ3n) is 8.91. The Morgan fingerprint density at radius 1 is 0.732 bits per heavy atom. The van der Waals surface area contributed by atoms with Crippen molar-refractivity contribution in [3.8, 4) is 0 Å². The molecule has 0 spiro atoms. The molecule has 4 aliphatic rings. The lowest BCUT2D eigenvalue weighted by Gasteiger charge is -2.45. The molecule has 1 aromatic heterocycles. The average Bonchev–Trinajstić information content (AvgIpc) is 3.47. The standard InChI is InChI=1S/C34H23Cl2N3O2/c35-21-14-13-19(27(36)15-21)17-38-18-20(22-7-5-6-12-28(22)38)16-37-39-33(40)31-29-23-8-1-2-9-24(23)30(32(31)34(39)41)26-11-4-3-10-25(26)29/h1-16,18,29-32H,17H2/b37-16-/t29?,30?,31-,32-/m1/s1. The number of fused-ring (bicyclic) bond motifs is 1. The Kier molecular flexibility index (Phi) is 5.50. The molecule has 2 amide bonds. The van der Waals surface area contributed by atoms with Crippen molar-refractivity contribution >= 4 is 52.1 Å². The van der Waals surface area contributed by atoms with E-state index in [-0.39, 0.29) is 23.7 Å². The zero-order valence-corrected chi connectivity index (χ0v) is 23.3. The van der Waals surface area contributed by atoms with Crippen molar-refractivity contribution in [2.45, 2.75) is 18.4 Å². The number of nitrogens with zero attached hydrogens (tertiary/aromatic N) is 3. The van der Waals surface area contributed by atoms with Crippen LogP contribution in [0, 0.1) is 11.8 Å². The van der Waals surface area contributed by atoms with E-state index in [0.717, 1.165) is 49.3 Å². The second kappa shape index (κ2) is 9.16. The molecule has 4 aromatic carbocycles. The molecule has 7 heteroatoms. The summed E-state index contributed by atoms with van der Waals surface area (Å²) in [6.07, 6.45) is 3.62. The van der Waals surface area contributed by atoms with E-state index in [1.807, 2.05) is 66.9 Å². The van der Waals surface area contributed by atoms with Crippen LogP contribution >= 0.6 is 23.2 Å². The van der Waals surface area contributed by atoms with Crippen molar-refractivity contribution in [1.29, 1.82) is 0 Å². The van der Waals surface area contributed by atoms with Gasteiger partial charge in [0.2, 0.25) is 0 Å². The summed E-state index contributed by atoms with van der Waals surface area (Å²) in [6, 6.07) is 29.9. The summed E-state index contributed by atoms with van der Waals surface area (Å²) in [7, 11) is 0. The molecule has 0 radical (unpaired) electrons. The van der Waals surface area contributed by atoms with Gasteiger partial charge in [-0.3, -0.25) is 9.59 Å². The summed E-state index contributed by atoms with van der Waals surface area (Å²) in [4.78, 5) is 27.8. The molecular weight excluding hydrogens is 553 g/mol. The van der Waals surface area contributed by atoms with Crippen molar-refractivity contribution < 1.29 is 9.59 Å². The number of carbonyl (C=O) groups is 2. The maximum absolute atomic E-state index is 13.9. The van der Waals surface area contributed by atoms with E-state index in [9.17, 15) is 9.59 Å². The summed E-state index contributed by atoms with van der Waals surface area (Å²) in [5.41, 5.74) is 7.33. The molecule has 0 unspecified atom stereocenters. The fourth-order valence-corrected chi connectivity index (χ4v) is 7.71. The first-order valence-electron chi connectivity index (χ1n) is 13.6. The number of rotatable bonds is 4. The zero-order valence-electron chi connectivity index (χ0n) is 21.7. The van der Waals surface area contributed by atoms with E-state index < -0.39 is 11.8 Å². The van der Waals surface area contributed by atoms with Gasteiger partial charge in [-0.1, -0.05) is 96.0 Å². The predicted molar refractivity (Wildman–Crippen MR) is 160 cm³/mol. The number of benzene rings is 4. The minimum absolute atomic E-state index is 0.153. The van der Waals surface area contributed by atoms with Crippen LogP contribution in [0.4, 0.5) is 0 Å². The Hall–Kier alpha value is -4.19. The van der Waals surface area contributed by atoms with E-state index >= 15 is 0 Å². The predicted octanol–water partition coefficient (Wildman–Crippen LogP) is 7.22. The van der Waals surface area contributed by atoms with Crippen molar-refractivity contribution in [3.05, 3.63) is 141 Å². The number of halogens is 2. The SMILES string of the molecule is O=C1[C@@H]2C3c4ccccc4C(c4ccccc43)[C@H]2C(=O)N1/N=C\c1cn(Cc2ccc(Cl)cc2Cl)c2ccccc12. The molecule has 9 rings (SSSR count). The molecule has 2 heterocycles. The lowest BCUT2D eigenvalue weighted by atomic mass is 9.55. The first-order chi connectivity index (χ1) is 20.0. The molecule has 200 valence electrons. The molecule has 1 saturated heterocycles. The number of aromatic nitrogens is 1. The van der Waals surface area contributed by atoms with Crippen molar-refractivity contribution in [2.24, 2.45) is 16.9 Å². The van der Waals surface area contributed by atoms with E-state index in [1.54, 1.807) is 12.3 Å². The minimum atomic E-state index is -0.456. The normalized spacial score (nSPS) is 22.4. The molecule has 0 saturated carbocycles. The molecular formula is C34H23Cl2N3O2. The third kappa shape index (κ3) is 3.59. The molecule has 5 nitrogen and oxygen atoms in total. The van der Waals surface area contributed by atoms with Crippen LogP contribution in [0.1, 0.15) is 45.2 Å². The number of amides is 2. The first kappa shape index (κ1) is 24.6. The number of para-hydroxylation sites is 1. The van der Waals surface area contributed by atoms with Gasteiger partial charge in [0.25, 0.3) is 11.8 Å². The van der Waals surface area contributed by atoms with Crippen LogP contribution in [0.15, 0.2) is 102 Å². The Labute approximate surface area is 246 Å². The number of hydrazone groups is 1. The van der Waals surface area contributed by atoms with Gasteiger partial charge in [-0.25, -0.2) is 0 Å². The summed E-state index contributed by atoms with van der Waals surface area (Å²) in [5, 5.41) is 7.83. The highest BCUT2D eigenvalue weighted by Gasteiger charge is 2.61. The van der Waals surface area contributed by atoms with Gasteiger partial charge in [-0.2, -0.15) is 10.1 Å². The first-order valence-corrected chi connectivity index (χ1v) is 14.4. The molecule has 0 N–H and O–H groups in total. The Morgan fingerprint density at radius 3 is 1.88 bits per heavy atom.